The van der Waals surface area contributed by atoms with Gasteiger partial charge in [0, 0.05) is 6.04 Å². The molecule has 84 valence electrons. The van der Waals surface area contributed by atoms with E-state index >= 15 is 0 Å². The van der Waals surface area contributed by atoms with E-state index in [1.165, 1.54) is 5.56 Å². The summed E-state index contributed by atoms with van der Waals surface area (Å²) in [7, 11) is 0. The first kappa shape index (κ1) is 12.1. The minimum absolute atomic E-state index is 0.182. The molecule has 0 amide bonds. The Morgan fingerprint density at radius 1 is 1.40 bits per heavy atom. The van der Waals surface area contributed by atoms with Crippen LogP contribution in [0.25, 0.3) is 0 Å². The lowest BCUT2D eigenvalue weighted by atomic mass is 9.80. The molecule has 0 aliphatic carbocycles. The second-order valence-electron chi connectivity index (χ2n) is 5.19. The summed E-state index contributed by atoms with van der Waals surface area (Å²) >= 11 is 0. The molecular formula is C13H21NO. The van der Waals surface area contributed by atoms with Gasteiger partial charge in [0.25, 0.3) is 0 Å². The van der Waals surface area contributed by atoms with Gasteiger partial charge >= 0.3 is 0 Å². The molecule has 0 bridgehead atoms. The average Bonchev–Trinajstić information content (AvgIpc) is 1.99. The summed E-state index contributed by atoms with van der Waals surface area (Å²) in [4.78, 5) is 0. The van der Waals surface area contributed by atoms with Crippen LogP contribution < -0.4 is 5.73 Å². The van der Waals surface area contributed by atoms with Crippen molar-refractivity contribution in [3.63, 3.8) is 0 Å². The predicted molar refractivity (Wildman–Crippen MR) is 63.9 cm³/mol. The van der Waals surface area contributed by atoms with Crippen molar-refractivity contribution in [2.24, 2.45) is 11.1 Å². The zero-order chi connectivity index (χ0) is 11.5. The Kier molecular flexibility index (Phi) is 3.75. The molecule has 0 aromatic heterocycles. The standard InChI is InChI=1S/C13H21NO/c1-10(14)8-13(2,3)9-11-5-4-6-12(15)7-11/h4-7,10,15H,8-9,14H2,1-3H3. The predicted octanol–water partition coefficient (Wildman–Crippen LogP) is 2.70. The molecule has 0 heterocycles. The normalized spacial score (nSPS) is 13.9. The maximum Gasteiger partial charge on any atom is 0.115 e. The number of nitrogens with two attached hydrogens (primary N) is 1. The van der Waals surface area contributed by atoms with Gasteiger partial charge in [-0.25, -0.2) is 0 Å². The molecule has 0 saturated heterocycles. The SMILES string of the molecule is CC(N)CC(C)(C)Cc1cccc(O)c1. The molecule has 2 nitrogen and oxygen atoms in total. The van der Waals surface area contributed by atoms with Crippen LogP contribution in [0.5, 0.6) is 5.75 Å². The largest absolute Gasteiger partial charge is 0.508 e. The van der Waals surface area contributed by atoms with Gasteiger partial charge in [0.1, 0.15) is 5.75 Å². The third kappa shape index (κ3) is 4.34. The minimum atomic E-state index is 0.182. The topological polar surface area (TPSA) is 46.2 Å². The van der Waals surface area contributed by atoms with Crippen LogP contribution in [0.4, 0.5) is 0 Å². The maximum absolute atomic E-state index is 9.37. The summed E-state index contributed by atoms with van der Waals surface area (Å²) in [6.45, 7) is 6.45. The van der Waals surface area contributed by atoms with Crippen molar-refractivity contribution >= 4 is 0 Å². The quantitative estimate of drug-likeness (QED) is 0.797. The van der Waals surface area contributed by atoms with E-state index in [4.69, 9.17) is 5.73 Å². The van der Waals surface area contributed by atoms with E-state index in [0.29, 0.717) is 5.75 Å². The molecule has 2 heteroatoms. The molecule has 0 aliphatic heterocycles. The van der Waals surface area contributed by atoms with Crippen LogP contribution in [-0.2, 0) is 6.42 Å². The zero-order valence-corrected chi connectivity index (χ0v) is 9.83. The number of phenolic OH excluding ortho intramolecular Hbond substituents is 1. The van der Waals surface area contributed by atoms with E-state index in [9.17, 15) is 5.11 Å². The van der Waals surface area contributed by atoms with Crippen molar-refractivity contribution in [1.29, 1.82) is 0 Å². The highest BCUT2D eigenvalue weighted by Gasteiger charge is 2.20. The van der Waals surface area contributed by atoms with Crippen LogP contribution >= 0.6 is 0 Å². The summed E-state index contributed by atoms with van der Waals surface area (Å²) in [5.74, 6) is 0.337. The first-order chi connectivity index (χ1) is 6.89. The van der Waals surface area contributed by atoms with Crippen LogP contribution in [-0.4, -0.2) is 11.1 Å². The lowest BCUT2D eigenvalue weighted by Crippen LogP contribution is -2.26. The van der Waals surface area contributed by atoms with Gasteiger partial charge in [-0.2, -0.15) is 0 Å². The van der Waals surface area contributed by atoms with E-state index in [1.807, 2.05) is 25.1 Å². The summed E-state index contributed by atoms with van der Waals surface area (Å²) in [5, 5.41) is 9.37. The third-order valence-corrected chi connectivity index (χ3v) is 2.47. The Labute approximate surface area is 92.1 Å². The van der Waals surface area contributed by atoms with E-state index in [2.05, 4.69) is 13.8 Å². The molecule has 0 radical (unpaired) electrons. The molecular weight excluding hydrogens is 186 g/mol. The van der Waals surface area contributed by atoms with Crippen LogP contribution in [0.1, 0.15) is 32.8 Å². The lowest BCUT2D eigenvalue weighted by Gasteiger charge is -2.26. The Morgan fingerprint density at radius 3 is 2.60 bits per heavy atom. The Balaban J connectivity index is 2.68. The van der Waals surface area contributed by atoms with E-state index < -0.39 is 0 Å². The maximum atomic E-state index is 9.37. The number of benzene rings is 1. The number of phenols is 1. The van der Waals surface area contributed by atoms with Crippen LogP contribution in [0.2, 0.25) is 0 Å². The van der Waals surface area contributed by atoms with E-state index in [-0.39, 0.29) is 11.5 Å². The summed E-state index contributed by atoms with van der Waals surface area (Å²) in [5.41, 5.74) is 7.16. The van der Waals surface area contributed by atoms with Crippen LogP contribution in [0.15, 0.2) is 24.3 Å². The second-order valence-corrected chi connectivity index (χ2v) is 5.19. The van der Waals surface area contributed by atoms with Gasteiger partial charge in [-0.05, 0) is 42.9 Å². The van der Waals surface area contributed by atoms with E-state index in [0.717, 1.165) is 12.8 Å². The number of hydrogen-bond donors (Lipinski definition) is 2. The number of rotatable bonds is 4. The van der Waals surface area contributed by atoms with Crippen molar-refractivity contribution in [2.45, 2.75) is 39.7 Å². The number of hydrogen-bond acceptors (Lipinski definition) is 2. The van der Waals surface area contributed by atoms with Crippen molar-refractivity contribution in [3.8, 4) is 5.75 Å². The smallest absolute Gasteiger partial charge is 0.115 e. The van der Waals surface area contributed by atoms with Gasteiger partial charge in [-0.15, -0.1) is 0 Å². The van der Waals surface area contributed by atoms with Crippen LogP contribution in [0, 0.1) is 5.41 Å². The van der Waals surface area contributed by atoms with Gasteiger partial charge < -0.3 is 10.8 Å². The molecule has 3 N–H and O–H groups in total. The highest BCUT2D eigenvalue weighted by Crippen LogP contribution is 2.28. The Hall–Kier alpha value is -1.02. The summed E-state index contributed by atoms with van der Waals surface area (Å²) in [6.07, 6.45) is 1.94. The molecule has 0 spiro atoms. The van der Waals surface area contributed by atoms with Crippen molar-refractivity contribution in [1.82, 2.24) is 0 Å². The molecule has 1 aromatic carbocycles. The molecule has 0 fully saturated rings. The number of aromatic hydroxyl groups is 1. The summed E-state index contributed by atoms with van der Waals surface area (Å²) in [6, 6.07) is 7.66. The first-order valence-corrected chi connectivity index (χ1v) is 5.42. The molecule has 15 heavy (non-hydrogen) atoms. The highest BCUT2D eigenvalue weighted by molar-refractivity contribution is 5.27. The molecule has 0 aliphatic rings. The lowest BCUT2D eigenvalue weighted by molar-refractivity contribution is 0.309. The second kappa shape index (κ2) is 4.67. The third-order valence-electron chi connectivity index (χ3n) is 2.47. The van der Waals surface area contributed by atoms with E-state index in [1.54, 1.807) is 6.07 Å². The highest BCUT2D eigenvalue weighted by atomic mass is 16.3. The van der Waals surface area contributed by atoms with Gasteiger partial charge in [0.15, 0.2) is 0 Å². The minimum Gasteiger partial charge on any atom is -0.508 e. The van der Waals surface area contributed by atoms with Crippen molar-refractivity contribution < 1.29 is 5.11 Å². The monoisotopic (exact) mass is 207 g/mol. The molecule has 1 atom stereocenters. The average molecular weight is 207 g/mol. The zero-order valence-electron chi connectivity index (χ0n) is 9.83. The fourth-order valence-corrected chi connectivity index (χ4v) is 2.16. The van der Waals surface area contributed by atoms with Gasteiger partial charge in [0.05, 0.1) is 0 Å². The summed E-state index contributed by atoms with van der Waals surface area (Å²) < 4.78 is 0. The first-order valence-electron chi connectivity index (χ1n) is 5.42. The molecule has 0 saturated carbocycles. The van der Waals surface area contributed by atoms with Crippen molar-refractivity contribution in [2.75, 3.05) is 0 Å². The van der Waals surface area contributed by atoms with Gasteiger partial charge in [-0.1, -0.05) is 26.0 Å². The van der Waals surface area contributed by atoms with Crippen molar-refractivity contribution in [3.05, 3.63) is 29.8 Å². The molecule has 1 unspecified atom stereocenters. The molecule has 1 aromatic rings. The fraction of sp³-hybridized carbons (Fsp3) is 0.538. The van der Waals surface area contributed by atoms with Crippen LogP contribution in [0.3, 0.4) is 0 Å². The molecule has 1 rings (SSSR count). The van der Waals surface area contributed by atoms with Gasteiger partial charge in [0.2, 0.25) is 0 Å². The Bertz CT molecular complexity index is 318. The fourth-order valence-electron chi connectivity index (χ4n) is 2.16. The van der Waals surface area contributed by atoms with Gasteiger partial charge in [-0.3, -0.25) is 0 Å². The Morgan fingerprint density at radius 2 is 2.07 bits per heavy atom.